The number of aromatic nitrogens is 1. The second kappa shape index (κ2) is 5.36. The van der Waals surface area contributed by atoms with Crippen LogP contribution in [0.15, 0.2) is 41.0 Å². The Bertz CT molecular complexity index is 662. The number of benzene rings is 1. The maximum absolute atomic E-state index is 14.3. The number of nitrogens with two attached hydrogens (primary N) is 1. The number of rotatable bonds is 3. The van der Waals surface area contributed by atoms with E-state index in [1.165, 1.54) is 6.07 Å². The van der Waals surface area contributed by atoms with Gasteiger partial charge in [0.05, 0.1) is 0 Å². The van der Waals surface area contributed by atoms with Gasteiger partial charge < -0.3 is 5.11 Å². The summed E-state index contributed by atoms with van der Waals surface area (Å²) in [6.07, 6.45) is 1.08. The number of aliphatic hydroxyl groups is 1. The minimum atomic E-state index is -4.09. The van der Waals surface area contributed by atoms with Crippen molar-refractivity contribution in [3.63, 3.8) is 0 Å². The third-order valence-corrected chi connectivity index (χ3v) is 3.34. The number of halogens is 5. The van der Waals surface area contributed by atoms with E-state index in [0.29, 0.717) is 16.6 Å². The molecule has 112 valence electrons. The van der Waals surface area contributed by atoms with Crippen LogP contribution >= 0.6 is 15.9 Å². The van der Waals surface area contributed by atoms with Gasteiger partial charge in [-0.3, -0.25) is 10.7 Å². The Hall–Kier alpha value is -1.51. The van der Waals surface area contributed by atoms with Crippen molar-refractivity contribution in [2.24, 2.45) is 5.73 Å². The normalized spacial score (nSPS) is 14.8. The molecule has 0 spiro atoms. The van der Waals surface area contributed by atoms with Crippen LogP contribution in [-0.4, -0.2) is 10.1 Å². The predicted octanol–water partition coefficient (Wildman–Crippen LogP) is 3.02. The summed E-state index contributed by atoms with van der Waals surface area (Å²) in [7, 11) is 0. The lowest BCUT2D eigenvalue weighted by Gasteiger charge is -2.32. The van der Waals surface area contributed by atoms with Gasteiger partial charge >= 0.3 is 5.92 Å². The maximum atomic E-state index is 14.3. The first kappa shape index (κ1) is 15.9. The number of hydrogen-bond acceptors (Lipinski definition) is 3. The van der Waals surface area contributed by atoms with Gasteiger partial charge in [0.2, 0.25) is 5.72 Å². The molecule has 1 heterocycles. The Morgan fingerprint density at radius 3 is 2.33 bits per heavy atom. The molecule has 0 aliphatic heterocycles. The van der Waals surface area contributed by atoms with Crippen molar-refractivity contribution in [1.29, 1.82) is 0 Å². The number of pyridine rings is 1. The fourth-order valence-electron chi connectivity index (χ4n) is 1.72. The SMILES string of the molecule is N[C@@](O)(c1ccc(F)cc1F)C(F)(F)c1ccc(Br)cn1. The molecular weight excluding hydrogens is 356 g/mol. The number of alkyl halides is 2. The van der Waals surface area contributed by atoms with E-state index < -0.39 is 34.5 Å². The Morgan fingerprint density at radius 1 is 1.14 bits per heavy atom. The highest BCUT2D eigenvalue weighted by Crippen LogP contribution is 2.42. The summed E-state index contributed by atoms with van der Waals surface area (Å²) in [5, 5.41) is 9.92. The summed E-state index contributed by atoms with van der Waals surface area (Å²) in [5.41, 5.74) is 0.0653. The average molecular weight is 365 g/mol. The van der Waals surface area contributed by atoms with Gasteiger partial charge in [-0.1, -0.05) is 0 Å². The highest BCUT2D eigenvalue weighted by Gasteiger charge is 2.55. The fourth-order valence-corrected chi connectivity index (χ4v) is 1.96. The minimum Gasteiger partial charge on any atom is -0.366 e. The number of nitrogens with zero attached hydrogens (tertiary/aromatic N) is 1. The molecule has 0 saturated heterocycles. The summed E-state index contributed by atoms with van der Waals surface area (Å²) in [4.78, 5) is 3.46. The third kappa shape index (κ3) is 2.78. The molecule has 1 atom stereocenters. The molecule has 1 aromatic heterocycles. The van der Waals surface area contributed by atoms with Crippen molar-refractivity contribution in [2.75, 3.05) is 0 Å². The molecule has 0 amide bonds. The Kier molecular flexibility index (Phi) is 4.05. The quantitative estimate of drug-likeness (QED) is 0.650. The highest BCUT2D eigenvalue weighted by atomic mass is 79.9. The van der Waals surface area contributed by atoms with Gasteiger partial charge in [0, 0.05) is 22.3 Å². The number of hydrogen-bond donors (Lipinski definition) is 2. The lowest BCUT2D eigenvalue weighted by molar-refractivity contribution is -0.196. The Balaban J connectivity index is 2.52. The van der Waals surface area contributed by atoms with Crippen LogP contribution in [0, 0.1) is 11.6 Å². The molecule has 0 aliphatic carbocycles. The molecule has 0 unspecified atom stereocenters. The van der Waals surface area contributed by atoms with Crippen molar-refractivity contribution in [1.82, 2.24) is 4.98 Å². The van der Waals surface area contributed by atoms with Crippen LogP contribution in [0.3, 0.4) is 0 Å². The minimum absolute atomic E-state index is 0.359. The van der Waals surface area contributed by atoms with Crippen molar-refractivity contribution in [3.05, 3.63) is 63.9 Å². The van der Waals surface area contributed by atoms with Crippen molar-refractivity contribution in [3.8, 4) is 0 Å². The second-order valence-electron chi connectivity index (χ2n) is 4.33. The summed E-state index contributed by atoms with van der Waals surface area (Å²) in [6, 6.07) is 3.95. The molecule has 8 heteroatoms. The molecule has 21 heavy (non-hydrogen) atoms. The van der Waals surface area contributed by atoms with Gasteiger partial charge in [-0.05, 0) is 40.2 Å². The molecular formula is C13H9BrF4N2O. The van der Waals surface area contributed by atoms with Crippen LogP contribution in [0.2, 0.25) is 0 Å². The van der Waals surface area contributed by atoms with Gasteiger partial charge in [-0.15, -0.1) is 0 Å². The van der Waals surface area contributed by atoms with E-state index >= 15 is 0 Å². The smallest absolute Gasteiger partial charge is 0.335 e. The third-order valence-electron chi connectivity index (χ3n) is 2.87. The van der Waals surface area contributed by atoms with Crippen LogP contribution in [0.5, 0.6) is 0 Å². The summed E-state index contributed by atoms with van der Waals surface area (Å²) in [6.45, 7) is 0. The molecule has 0 radical (unpaired) electrons. The molecule has 0 saturated carbocycles. The lowest BCUT2D eigenvalue weighted by Crippen LogP contribution is -2.51. The highest BCUT2D eigenvalue weighted by molar-refractivity contribution is 9.10. The first-order valence-corrected chi connectivity index (χ1v) is 6.42. The fraction of sp³-hybridized carbons (Fsp3) is 0.154. The molecule has 3 N–H and O–H groups in total. The second-order valence-corrected chi connectivity index (χ2v) is 5.24. The van der Waals surface area contributed by atoms with Gasteiger partial charge in [-0.2, -0.15) is 8.78 Å². The average Bonchev–Trinajstić information content (AvgIpc) is 2.38. The zero-order valence-corrected chi connectivity index (χ0v) is 11.9. The topological polar surface area (TPSA) is 59.1 Å². The zero-order valence-electron chi connectivity index (χ0n) is 10.3. The lowest BCUT2D eigenvalue weighted by atomic mass is 9.93. The Morgan fingerprint density at radius 2 is 1.81 bits per heavy atom. The van der Waals surface area contributed by atoms with Crippen LogP contribution in [0.1, 0.15) is 11.3 Å². The van der Waals surface area contributed by atoms with Gasteiger partial charge in [0.15, 0.2) is 0 Å². The van der Waals surface area contributed by atoms with E-state index in [1.54, 1.807) is 0 Å². The molecule has 3 nitrogen and oxygen atoms in total. The van der Waals surface area contributed by atoms with E-state index in [0.717, 1.165) is 18.3 Å². The summed E-state index contributed by atoms with van der Waals surface area (Å²) < 4.78 is 55.5. The molecule has 0 fully saturated rings. The van der Waals surface area contributed by atoms with Crippen LogP contribution < -0.4 is 5.73 Å². The Labute approximate surface area is 125 Å². The maximum Gasteiger partial charge on any atom is 0.335 e. The van der Waals surface area contributed by atoms with Gasteiger partial charge in [0.1, 0.15) is 17.3 Å². The van der Waals surface area contributed by atoms with Crippen LogP contribution in [0.25, 0.3) is 0 Å². The zero-order chi connectivity index (χ0) is 15.8. The van der Waals surface area contributed by atoms with E-state index in [9.17, 15) is 22.7 Å². The summed E-state index contributed by atoms with van der Waals surface area (Å²) >= 11 is 3.02. The molecule has 0 aliphatic rings. The van der Waals surface area contributed by atoms with Crippen molar-refractivity contribution in [2.45, 2.75) is 11.6 Å². The molecule has 0 bridgehead atoms. The predicted molar refractivity (Wildman–Crippen MR) is 70.3 cm³/mol. The monoisotopic (exact) mass is 364 g/mol. The van der Waals surface area contributed by atoms with Crippen molar-refractivity contribution >= 4 is 15.9 Å². The van der Waals surface area contributed by atoms with E-state index in [-0.39, 0.29) is 0 Å². The molecule has 2 rings (SSSR count). The van der Waals surface area contributed by atoms with E-state index in [4.69, 9.17) is 5.73 Å². The largest absolute Gasteiger partial charge is 0.366 e. The van der Waals surface area contributed by atoms with Gasteiger partial charge in [0.25, 0.3) is 0 Å². The van der Waals surface area contributed by atoms with E-state index in [2.05, 4.69) is 20.9 Å². The van der Waals surface area contributed by atoms with Crippen molar-refractivity contribution < 1.29 is 22.7 Å². The van der Waals surface area contributed by atoms with Gasteiger partial charge in [-0.25, -0.2) is 8.78 Å². The summed E-state index contributed by atoms with van der Waals surface area (Å²) in [5.74, 6) is -6.44. The first-order chi connectivity index (χ1) is 9.66. The van der Waals surface area contributed by atoms with Crippen LogP contribution in [0.4, 0.5) is 17.6 Å². The van der Waals surface area contributed by atoms with Crippen LogP contribution in [-0.2, 0) is 11.6 Å². The van der Waals surface area contributed by atoms with E-state index in [1.807, 2.05) is 0 Å². The first-order valence-electron chi connectivity index (χ1n) is 5.63. The molecule has 2 aromatic rings. The standard InChI is InChI=1S/C13H9BrF4N2O/c14-7-1-4-11(20-6-7)12(17,18)13(19,21)9-3-2-8(15)5-10(9)16/h1-6,21H,19H2/t13-/m1/s1. The molecule has 1 aromatic carbocycles.